The number of carboxylic acid groups (broad SMARTS) is 1. The lowest BCUT2D eigenvalue weighted by Crippen LogP contribution is -2.38. The predicted molar refractivity (Wildman–Crippen MR) is 75.9 cm³/mol. The number of nitrogens with one attached hydrogen (secondary N) is 1. The van der Waals surface area contributed by atoms with E-state index in [2.05, 4.69) is 11.9 Å². The van der Waals surface area contributed by atoms with Gasteiger partial charge in [-0.15, -0.1) is 0 Å². The Balaban J connectivity index is 2.63. The minimum Gasteiger partial charge on any atom is -0.481 e. The molecule has 1 amide bonds. The number of aliphatic carboxylic acids is 1. The summed E-state index contributed by atoms with van der Waals surface area (Å²) in [4.78, 5) is 22.3. The summed E-state index contributed by atoms with van der Waals surface area (Å²) >= 11 is 5.78. The third-order valence-corrected chi connectivity index (χ3v) is 2.72. The van der Waals surface area contributed by atoms with Crippen LogP contribution >= 0.6 is 11.6 Å². The Labute approximate surface area is 122 Å². The first-order valence-corrected chi connectivity index (χ1v) is 6.39. The van der Waals surface area contributed by atoms with E-state index in [1.165, 1.54) is 6.08 Å². The highest BCUT2D eigenvalue weighted by Gasteiger charge is 2.17. The molecule has 0 heterocycles. The van der Waals surface area contributed by atoms with Gasteiger partial charge in [-0.2, -0.15) is 0 Å². The summed E-state index contributed by atoms with van der Waals surface area (Å²) in [6.45, 7) is 3.50. The molecule has 20 heavy (non-hydrogen) atoms. The van der Waals surface area contributed by atoms with Crippen molar-refractivity contribution in [1.82, 2.24) is 5.32 Å². The van der Waals surface area contributed by atoms with E-state index in [0.717, 1.165) is 5.56 Å². The van der Waals surface area contributed by atoms with Crippen molar-refractivity contribution in [2.45, 2.75) is 18.9 Å². The van der Waals surface area contributed by atoms with Crippen molar-refractivity contribution in [3.63, 3.8) is 0 Å². The number of ether oxygens (including phenoxy) is 1. The number of amides is 1. The Morgan fingerprint density at radius 2 is 2.05 bits per heavy atom. The van der Waals surface area contributed by atoms with Gasteiger partial charge in [0.25, 0.3) is 0 Å². The molecule has 108 valence electrons. The van der Waals surface area contributed by atoms with E-state index in [0.29, 0.717) is 11.4 Å². The number of carbonyl (C=O) groups excluding carboxylic acids is 1. The second kappa shape index (κ2) is 8.22. The van der Waals surface area contributed by atoms with Crippen LogP contribution in [-0.4, -0.2) is 29.8 Å². The number of halogens is 1. The average Bonchev–Trinajstić information content (AvgIpc) is 2.38. The van der Waals surface area contributed by atoms with Crippen LogP contribution in [0.15, 0.2) is 36.9 Å². The molecule has 1 aromatic rings. The molecule has 0 aliphatic rings. The molecular formula is C14H16ClNO4. The molecule has 0 aromatic heterocycles. The van der Waals surface area contributed by atoms with Gasteiger partial charge in [-0.3, -0.25) is 4.79 Å². The Hall–Kier alpha value is -2.01. The molecule has 0 saturated carbocycles. The van der Waals surface area contributed by atoms with E-state index in [4.69, 9.17) is 21.4 Å². The SMILES string of the molecule is C=CCOC(=O)NC(CC(=O)O)Cc1ccc(Cl)cc1. The maximum atomic E-state index is 11.4. The Morgan fingerprint density at radius 3 is 2.60 bits per heavy atom. The van der Waals surface area contributed by atoms with Crippen LogP contribution < -0.4 is 5.32 Å². The smallest absolute Gasteiger partial charge is 0.407 e. The van der Waals surface area contributed by atoms with Gasteiger partial charge in [0.15, 0.2) is 0 Å². The van der Waals surface area contributed by atoms with E-state index in [-0.39, 0.29) is 13.0 Å². The summed E-state index contributed by atoms with van der Waals surface area (Å²) in [5.41, 5.74) is 0.879. The largest absolute Gasteiger partial charge is 0.481 e. The minimum atomic E-state index is -0.993. The second-order valence-electron chi connectivity index (χ2n) is 4.16. The van der Waals surface area contributed by atoms with Gasteiger partial charge in [-0.25, -0.2) is 4.79 Å². The number of rotatable bonds is 7. The summed E-state index contributed by atoms with van der Waals surface area (Å²) in [7, 11) is 0. The third kappa shape index (κ3) is 6.24. The van der Waals surface area contributed by atoms with Crippen LogP contribution in [0.25, 0.3) is 0 Å². The van der Waals surface area contributed by atoms with Crippen molar-refractivity contribution in [2.24, 2.45) is 0 Å². The van der Waals surface area contributed by atoms with Gasteiger partial charge in [-0.05, 0) is 24.1 Å². The first kappa shape index (κ1) is 16.0. The topological polar surface area (TPSA) is 75.6 Å². The minimum absolute atomic E-state index is 0.0760. The molecule has 0 saturated heterocycles. The molecule has 6 heteroatoms. The van der Waals surface area contributed by atoms with Gasteiger partial charge >= 0.3 is 12.1 Å². The molecule has 5 nitrogen and oxygen atoms in total. The maximum absolute atomic E-state index is 11.4. The maximum Gasteiger partial charge on any atom is 0.407 e. The summed E-state index contributed by atoms with van der Waals surface area (Å²) in [6.07, 6.45) is 0.966. The number of alkyl carbamates (subject to hydrolysis) is 1. The molecule has 1 atom stereocenters. The molecule has 0 aliphatic carbocycles. The van der Waals surface area contributed by atoms with Gasteiger partial charge in [0, 0.05) is 11.1 Å². The van der Waals surface area contributed by atoms with Crippen LogP contribution in [-0.2, 0) is 16.0 Å². The fourth-order valence-electron chi connectivity index (χ4n) is 1.63. The highest BCUT2D eigenvalue weighted by Crippen LogP contribution is 2.12. The zero-order chi connectivity index (χ0) is 15.0. The number of benzene rings is 1. The molecule has 0 spiro atoms. The van der Waals surface area contributed by atoms with E-state index in [1.807, 2.05) is 0 Å². The van der Waals surface area contributed by atoms with Crippen LogP contribution in [0, 0.1) is 0 Å². The predicted octanol–water partition coefficient (Wildman–Crippen LogP) is 2.64. The molecule has 0 bridgehead atoms. The van der Waals surface area contributed by atoms with Crippen LogP contribution in [0.5, 0.6) is 0 Å². The van der Waals surface area contributed by atoms with Gasteiger partial charge in [0.1, 0.15) is 6.61 Å². The lowest BCUT2D eigenvalue weighted by Gasteiger charge is -2.16. The monoisotopic (exact) mass is 297 g/mol. The van der Waals surface area contributed by atoms with E-state index >= 15 is 0 Å². The van der Waals surface area contributed by atoms with Crippen LogP contribution in [0.1, 0.15) is 12.0 Å². The van der Waals surface area contributed by atoms with Crippen LogP contribution in [0.3, 0.4) is 0 Å². The lowest BCUT2D eigenvalue weighted by atomic mass is 10.0. The van der Waals surface area contributed by atoms with Gasteiger partial charge < -0.3 is 15.2 Å². The Morgan fingerprint density at radius 1 is 1.40 bits per heavy atom. The highest BCUT2D eigenvalue weighted by molar-refractivity contribution is 6.30. The molecule has 0 aliphatic heterocycles. The standard InChI is InChI=1S/C14H16ClNO4/c1-2-7-20-14(19)16-12(9-13(17)18)8-10-3-5-11(15)6-4-10/h2-6,12H,1,7-9H2,(H,16,19)(H,17,18). The molecule has 0 fully saturated rings. The Kier molecular flexibility index (Phi) is 6.59. The van der Waals surface area contributed by atoms with Crippen molar-refractivity contribution in [3.05, 3.63) is 47.5 Å². The second-order valence-corrected chi connectivity index (χ2v) is 4.59. The number of hydrogen-bond acceptors (Lipinski definition) is 3. The third-order valence-electron chi connectivity index (χ3n) is 2.47. The summed E-state index contributed by atoms with van der Waals surface area (Å²) in [6, 6.07) is 6.45. The summed E-state index contributed by atoms with van der Waals surface area (Å²) in [5.74, 6) is -0.993. The molecule has 1 aromatic carbocycles. The van der Waals surface area contributed by atoms with Gasteiger partial charge in [0.05, 0.1) is 6.42 Å². The summed E-state index contributed by atoms with van der Waals surface area (Å²) < 4.78 is 4.78. The quantitative estimate of drug-likeness (QED) is 0.759. The van der Waals surface area contributed by atoms with Crippen LogP contribution in [0.2, 0.25) is 5.02 Å². The number of carbonyl (C=O) groups is 2. The van der Waals surface area contributed by atoms with E-state index < -0.39 is 18.1 Å². The van der Waals surface area contributed by atoms with Crippen LogP contribution in [0.4, 0.5) is 4.79 Å². The molecule has 2 N–H and O–H groups in total. The van der Waals surface area contributed by atoms with Crippen molar-refractivity contribution in [2.75, 3.05) is 6.61 Å². The van der Waals surface area contributed by atoms with Gasteiger partial charge in [-0.1, -0.05) is 36.4 Å². The van der Waals surface area contributed by atoms with E-state index in [9.17, 15) is 9.59 Å². The average molecular weight is 298 g/mol. The fourth-order valence-corrected chi connectivity index (χ4v) is 1.76. The zero-order valence-corrected chi connectivity index (χ0v) is 11.6. The molecule has 0 radical (unpaired) electrons. The number of carboxylic acids is 1. The van der Waals surface area contributed by atoms with Crippen molar-refractivity contribution < 1.29 is 19.4 Å². The molecule has 1 rings (SSSR count). The highest BCUT2D eigenvalue weighted by atomic mass is 35.5. The zero-order valence-electron chi connectivity index (χ0n) is 10.8. The van der Waals surface area contributed by atoms with Crippen molar-refractivity contribution >= 4 is 23.7 Å². The van der Waals surface area contributed by atoms with Gasteiger partial charge in [0.2, 0.25) is 0 Å². The van der Waals surface area contributed by atoms with E-state index in [1.54, 1.807) is 24.3 Å². The first-order valence-electron chi connectivity index (χ1n) is 6.01. The first-order chi connectivity index (χ1) is 9.51. The van der Waals surface area contributed by atoms with Crippen molar-refractivity contribution in [1.29, 1.82) is 0 Å². The van der Waals surface area contributed by atoms with Crippen molar-refractivity contribution in [3.8, 4) is 0 Å². The molecule has 1 unspecified atom stereocenters. The number of hydrogen-bond donors (Lipinski definition) is 2. The normalized spacial score (nSPS) is 11.4. The Bertz CT molecular complexity index is 473. The lowest BCUT2D eigenvalue weighted by molar-refractivity contribution is -0.137. The fraction of sp³-hybridized carbons (Fsp3) is 0.286. The summed E-state index contributed by atoms with van der Waals surface area (Å²) in [5, 5.41) is 12.0. The molecular weight excluding hydrogens is 282 g/mol.